The van der Waals surface area contributed by atoms with Gasteiger partial charge < -0.3 is 15.4 Å². The molecular weight excluding hydrogens is 332 g/mol. The third-order valence-corrected chi connectivity index (χ3v) is 3.58. The Balaban J connectivity index is 1.83. The molecule has 0 radical (unpaired) electrons. The van der Waals surface area contributed by atoms with Gasteiger partial charge in [0.15, 0.2) is 6.61 Å². The number of carbonyl (C=O) groups excluding carboxylic acids is 3. The molecule has 0 saturated heterocycles. The van der Waals surface area contributed by atoms with Gasteiger partial charge in [-0.05, 0) is 37.6 Å². The van der Waals surface area contributed by atoms with Gasteiger partial charge in [-0.25, -0.2) is 0 Å². The van der Waals surface area contributed by atoms with Gasteiger partial charge in [-0.2, -0.15) is 0 Å². The maximum atomic E-state index is 11.9. The second-order valence-electron chi connectivity index (χ2n) is 5.81. The predicted molar refractivity (Wildman–Crippen MR) is 98.9 cm³/mol. The fourth-order valence-electron chi connectivity index (χ4n) is 2.27. The van der Waals surface area contributed by atoms with E-state index in [0.29, 0.717) is 17.8 Å². The van der Waals surface area contributed by atoms with Crippen LogP contribution in [0, 0.1) is 6.92 Å². The molecule has 136 valence electrons. The highest BCUT2D eigenvalue weighted by Crippen LogP contribution is 2.11. The standard InChI is InChI=1S/C20H22N2O4/c1-3-21-20(25)16-5-4-6-17(12-16)22-18(23)13-26-19(24)11-15-9-7-14(2)8-10-15/h4-10,12H,3,11,13H2,1-2H3,(H,21,25)(H,22,23). The summed E-state index contributed by atoms with van der Waals surface area (Å²) in [6.07, 6.45) is 0.111. The second-order valence-corrected chi connectivity index (χ2v) is 5.81. The first-order valence-corrected chi connectivity index (χ1v) is 8.37. The molecule has 0 atom stereocenters. The molecule has 0 aromatic heterocycles. The van der Waals surface area contributed by atoms with Crippen LogP contribution in [-0.2, 0) is 20.7 Å². The maximum absolute atomic E-state index is 11.9. The molecule has 2 N–H and O–H groups in total. The zero-order valence-corrected chi connectivity index (χ0v) is 14.9. The molecule has 0 bridgehead atoms. The first kappa shape index (κ1) is 19.2. The van der Waals surface area contributed by atoms with Crippen molar-refractivity contribution in [1.29, 1.82) is 0 Å². The summed E-state index contributed by atoms with van der Waals surface area (Å²) in [7, 11) is 0. The number of hydrogen-bond donors (Lipinski definition) is 2. The summed E-state index contributed by atoms with van der Waals surface area (Å²) in [4.78, 5) is 35.5. The van der Waals surface area contributed by atoms with E-state index in [1.165, 1.54) is 0 Å². The van der Waals surface area contributed by atoms with Gasteiger partial charge in [0, 0.05) is 17.8 Å². The zero-order chi connectivity index (χ0) is 18.9. The van der Waals surface area contributed by atoms with Crippen molar-refractivity contribution in [2.24, 2.45) is 0 Å². The molecule has 0 aliphatic carbocycles. The van der Waals surface area contributed by atoms with Crippen molar-refractivity contribution in [1.82, 2.24) is 5.32 Å². The van der Waals surface area contributed by atoms with E-state index in [-0.39, 0.29) is 18.9 Å². The quantitative estimate of drug-likeness (QED) is 0.748. The van der Waals surface area contributed by atoms with Crippen molar-refractivity contribution >= 4 is 23.5 Å². The van der Waals surface area contributed by atoms with Crippen LogP contribution in [0.15, 0.2) is 48.5 Å². The zero-order valence-electron chi connectivity index (χ0n) is 14.9. The molecule has 2 aromatic carbocycles. The summed E-state index contributed by atoms with van der Waals surface area (Å²) < 4.78 is 5.00. The van der Waals surface area contributed by atoms with E-state index in [1.807, 2.05) is 38.1 Å². The minimum absolute atomic E-state index is 0.111. The Hall–Kier alpha value is -3.15. The number of rotatable bonds is 7. The van der Waals surface area contributed by atoms with E-state index in [9.17, 15) is 14.4 Å². The topological polar surface area (TPSA) is 84.5 Å². The lowest BCUT2D eigenvalue weighted by Gasteiger charge is -2.08. The molecule has 2 amide bonds. The number of nitrogens with one attached hydrogen (secondary N) is 2. The van der Waals surface area contributed by atoms with Crippen LogP contribution in [0.25, 0.3) is 0 Å². The molecule has 6 nitrogen and oxygen atoms in total. The molecule has 0 spiro atoms. The minimum Gasteiger partial charge on any atom is -0.455 e. The van der Waals surface area contributed by atoms with Gasteiger partial charge in [-0.3, -0.25) is 14.4 Å². The van der Waals surface area contributed by atoms with Crippen molar-refractivity contribution in [2.45, 2.75) is 20.3 Å². The van der Waals surface area contributed by atoms with E-state index >= 15 is 0 Å². The fourth-order valence-corrected chi connectivity index (χ4v) is 2.27. The summed E-state index contributed by atoms with van der Waals surface area (Å²) in [5.74, 6) is -1.15. The van der Waals surface area contributed by atoms with Crippen molar-refractivity contribution in [3.63, 3.8) is 0 Å². The Bertz CT molecular complexity index is 785. The van der Waals surface area contributed by atoms with Gasteiger partial charge in [0.2, 0.25) is 0 Å². The highest BCUT2D eigenvalue weighted by Gasteiger charge is 2.10. The van der Waals surface area contributed by atoms with Gasteiger partial charge in [0.25, 0.3) is 11.8 Å². The number of aryl methyl sites for hydroxylation is 1. The van der Waals surface area contributed by atoms with Crippen LogP contribution < -0.4 is 10.6 Å². The lowest BCUT2D eigenvalue weighted by Crippen LogP contribution is -2.24. The van der Waals surface area contributed by atoms with Crippen LogP contribution in [0.4, 0.5) is 5.69 Å². The van der Waals surface area contributed by atoms with E-state index in [4.69, 9.17) is 4.74 Å². The van der Waals surface area contributed by atoms with Crippen LogP contribution in [0.1, 0.15) is 28.4 Å². The third kappa shape index (κ3) is 6.05. The van der Waals surface area contributed by atoms with Crippen LogP contribution in [-0.4, -0.2) is 30.9 Å². The Morgan fingerprint density at radius 2 is 1.77 bits per heavy atom. The predicted octanol–water partition coefficient (Wildman–Crippen LogP) is 2.47. The molecular formula is C20H22N2O4. The van der Waals surface area contributed by atoms with E-state index in [1.54, 1.807) is 24.3 Å². The molecule has 0 aliphatic heterocycles. The number of ether oxygens (including phenoxy) is 1. The summed E-state index contributed by atoms with van der Waals surface area (Å²) in [6.45, 7) is 3.93. The van der Waals surface area contributed by atoms with E-state index in [2.05, 4.69) is 10.6 Å². The summed E-state index contributed by atoms with van der Waals surface area (Å²) in [5.41, 5.74) is 2.85. The average Bonchev–Trinajstić information content (AvgIpc) is 2.62. The van der Waals surface area contributed by atoms with Crippen LogP contribution in [0.5, 0.6) is 0 Å². The monoisotopic (exact) mass is 354 g/mol. The Kier molecular flexibility index (Phi) is 6.91. The Morgan fingerprint density at radius 3 is 2.46 bits per heavy atom. The molecule has 0 saturated carbocycles. The number of carbonyl (C=O) groups is 3. The third-order valence-electron chi connectivity index (χ3n) is 3.58. The van der Waals surface area contributed by atoms with Gasteiger partial charge in [-0.1, -0.05) is 35.9 Å². The minimum atomic E-state index is -0.472. The summed E-state index contributed by atoms with van der Waals surface area (Å²) in [5, 5.41) is 5.30. The van der Waals surface area contributed by atoms with Crippen LogP contribution in [0.3, 0.4) is 0 Å². The maximum Gasteiger partial charge on any atom is 0.310 e. The SMILES string of the molecule is CCNC(=O)c1cccc(NC(=O)COC(=O)Cc2ccc(C)cc2)c1. The second kappa shape index (κ2) is 9.36. The van der Waals surface area contributed by atoms with Crippen molar-refractivity contribution in [3.05, 3.63) is 65.2 Å². The highest BCUT2D eigenvalue weighted by molar-refractivity contribution is 5.97. The molecule has 0 unspecified atom stereocenters. The Morgan fingerprint density at radius 1 is 1.04 bits per heavy atom. The summed E-state index contributed by atoms with van der Waals surface area (Å²) in [6, 6.07) is 14.1. The molecule has 6 heteroatoms. The van der Waals surface area contributed by atoms with E-state index in [0.717, 1.165) is 11.1 Å². The van der Waals surface area contributed by atoms with Gasteiger partial charge in [0.1, 0.15) is 0 Å². The van der Waals surface area contributed by atoms with Crippen molar-refractivity contribution in [2.75, 3.05) is 18.5 Å². The molecule has 2 aromatic rings. The molecule has 0 aliphatic rings. The smallest absolute Gasteiger partial charge is 0.310 e. The lowest BCUT2D eigenvalue weighted by atomic mass is 10.1. The van der Waals surface area contributed by atoms with Crippen molar-refractivity contribution < 1.29 is 19.1 Å². The normalized spacial score (nSPS) is 10.1. The number of esters is 1. The average molecular weight is 354 g/mol. The highest BCUT2D eigenvalue weighted by atomic mass is 16.5. The largest absolute Gasteiger partial charge is 0.455 e. The molecule has 0 heterocycles. The summed E-state index contributed by atoms with van der Waals surface area (Å²) >= 11 is 0. The molecule has 26 heavy (non-hydrogen) atoms. The fraction of sp³-hybridized carbons (Fsp3) is 0.250. The molecule has 2 rings (SSSR count). The van der Waals surface area contributed by atoms with Crippen molar-refractivity contribution in [3.8, 4) is 0 Å². The lowest BCUT2D eigenvalue weighted by molar-refractivity contribution is -0.146. The van der Waals surface area contributed by atoms with Gasteiger partial charge >= 0.3 is 5.97 Å². The van der Waals surface area contributed by atoms with Crippen LogP contribution in [0.2, 0.25) is 0 Å². The number of hydrogen-bond acceptors (Lipinski definition) is 4. The number of benzene rings is 2. The number of amides is 2. The first-order valence-electron chi connectivity index (χ1n) is 8.37. The first-order chi connectivity index (χ1) is 12.5. The van der Waals surface area contributed by atoms with Gasteiger partial charge in [0.05, 0.1) is 6.42 Å². The van der Waals surface area contributed by atoms with Gasteiger partial charge in [-0.15, -0.1) is 0 Å². The molecule has 0 fully saturated rings. The van der Waals surface area contributed by atoms with E-state index < -0.39 is 11.9 Å². The number of anilines is 1. The van der Waals surface area contributed by atoms with Crippen LogP contribution >= 0.6 is 0 Å². The Labute approximate surface area is 152 Å².